The molecule has 0 bridgehead atoms. The van der Waals surface area contributed by atoms with Crippen LogP contribution < -0.4 is 21.7 Å². The average Bonchev–Trinajstić information content (AvgIpc) is 2.86. The molecule has 4 unspecified atom stereocenters. The largest absolute Gasteiger partial charge is 0.390 e. The minimum absolute atomic E-state index is 0.0556. The minimum atomic E-state index is -1.43. The van der Waals surface area contributed by atoms with Crippen LogP contribution in [0.2, 0.25) is 0 Å². The van der Waals surface area contributed by atoms with Crippen LogP contribution in [0.15, 0.2) is 0 Å². The third-order valence-electron chi connectivity index (χ3n) is 7.51. The van der Waals surface area contributed by atoms with Crippen molar-refractivity contribution in [3.05, 3.63) is 0 Å². The average molecular weight is 640 g/mol. The van der Waals surface area contributed by atoms with E-state index in [0.29, 0.717) is 6.42 Å². The molecule has 0 saturated carbocycles. The highest BCUT2D eigenvalue weighted by atomic mass is 16.3. The SMILES string of the molecule is CC(=O)C(CC(C)C)NC(=O)C(C)NC(=O)CC(O)C(CC(C)C)N(C(=O)[C@@H](NC(=O)CC(C)C)C(C)C)[C@H](C(N)=O)C(C)C. The Bertz CT molecular complexity index is 1010. The van der Waals surface area contributed by atoms with Crippen LogP contribution >= 0.6 is 0 Å². The molecule has 6 atom stereocenters. The molecular formula is C33H61N5O7. The zero-order valence-corrected chi connectivity index (χ0v) is 29.6. The number of hydrogen-bond donors (Lipinski definition) is 5. The van der Waals surface area contributed by atoms with E-state index in [2.05, 4.69) is 16.0 Å². The fourth-order valence-corrected chi connectivity index (χ4v) is 5.30. The number of nitrogens with zero attached hydrogens (tertiary/aromatic N) is 1. The number of Topliss-reactive ketones (excluding diaryl/α,β-unsaturated/α-hetero) is 1. The van der Waals surface area contributed by atoms with E-state index in [9.17, 15) is 33.9 Å². The number of nitrogens with one attached hydrogen (secondary N) is 3. The predicted octanol–water partition coefficient (Wildman–Crippen LogP) is 2.30. The lowest BCUT2D eigenvalue weighted by molar-refractivity contribution is -0.152. The van der Waals surface area contributed by atoms with E-state index in [4.69, 9.17) is 5.73 Å². The summed E-state index contributed by atoms with van der Waals surface area (Å²) in [5.74, 6) is -3.69. The minimum Gasteiger partial charge on any atom is -0.390 e. The quantitative estimate of drug-likeness (QED) is 0.135. The maximum Gasteiger partial charge on any atom is 0.246 e. The van der Waals surface area contributed by atoms with Crippen molar-refractivity contribution in [2.75, 3.05) is 0 Å². The fourth-order valence-electron chi connectivity index (χ4n) is 5.30. The van der Waals surface area contributed by atoms with Gasteiger partial charge in [0.15, 0.2) is 5.78 Å². The van der Waals surface area contributed by atoms with Gasteiger partial charge in [-0.3, -0.25) is 28.8 Å². The van der Waals surface area contributed by atoms with E-state index in [-0.39, 0.29) is 48.2 Å². The van der Waals surface area contributed by atoms with Gasteiger partial charge in [0.05, 0.1) is 24.6 Å². The number of carbonyl (C=O) groups is 6. The van der Waals surface area contributed by atoms with E-state index in [1.807, 2.05) is 41.5 Å². The summed E-state index contributed by atoms with van der Waals surface area (Å²) >= 11 is 0. The van der Waals surface area contributed by atoms with Crippen LogP contribution in [0.4, 0.5) is 0 Å². The lowest BCUT2D eigenvalue weighted by Crippen LogP contribution is -2.64. The normalized spacial score (nSPS) is 15.8. The van der Waals surface area contributed by atoms with Crippen LogP contribution in [-0.4, -0.2) is 81.6 Å². The Morgan fingerprint density at radius 2 is 1.20 bits per heavy atom. The third-order valence-corrected chi connectivity index (χ3v) is 7.51. The van der Waals surface area contributed by atoms with Gasteiger partial charge in [-0.05, 0) is 56.3 Å². The van der Waals surface area contributed by atoms with Crippen molar-refractivity contribution in [2.45, 2.75) is 145 Å². The molecule has 0 aromatic carbocycles. The molecular weight excluding hydrogens is 578 g/mol. The highest BCUT2D eigenvalue weighted by Crippen LogP contribution is 2.26. The highest BCUT2D eigenvalue weighted by Gasteiger charge is 2.43. The van der Waals surface area contributed by atoms with Crippen molar-refractivity contribution in [2.24, 2.45) is 35.3 Å². The van der Waals surface area contributed by atoms with Gasteiger partial charge in [0.25, 0.3) is 0 Å². The van der Waals surface area contributed by atoms with Crippen LogP contribution in [0.25, 0.3) is 0 Å². The molecule has 260 valence electrons. The van der Waals surface area contributed by atoms with Gasteiger partial charge in [0, 0.05) is 6.42 Å². The molecule has 12 nitrogen and oxygen atoms in total. The molecule has 0 aliphatic rings. The molecule has 0 radical (unpaired) electrons. The van der Waals surface area contributed by atoms with Crippen LogP contribution in [0.5, 0.6) is 0 Å². The molecule has 45 heavy (non-hydrogen) atoms. The summed E-state index contributed by atoms with van der Waals surface area (Å²) in [7, 11) is 0. The Hall–Kier alpha value is -3.02. The summed E-state index contributed by atoms with van der Waals surface area (Å²) in [5.41, 5.74) is 5.83. The van der Waals surface area contributed by atoms with Gasteiger partial charge in [-0.25, -0.2) is 0 Å². The van der Waals surface area contributed by atoms with E-state index < -0.39 is 72.3 Å². The molecule has 0 spiro atoms. The molecule has 0 heterocycles. The van der Waals surface area contributed by atoms with Crippen molar-refractivity contribution >= 4 is 35.3 Å². The van der Waals surface area contributed by atoms with Gasteiger partial charge < -0.3 is 31.7 Å². The second-order valence-electron chi connectivity index (χ2n) is 14.3. The Labute approximate surface area is 270 Å². The van der Waals surface area contributed by atoms with Crippen LogP contribution in [0.1, 0.15) is 109 Å². The van der Waals surface area contributed by atoms with Gasteiger partial charge in [-0.15, -0.1) is 0 Å². The first-order valence-corrected chi connectivity index (χ1v) is 16.3. The molecule has 0 aliphatic heterocycles. The lowest BCUT2D eigenvalue weighted by atomic mass is 9.89. The second-order valence-corrected chi connectivity index (χ2v) is 14.3. The summed E-state index contributed by atoms with van der Waals surface area (Å²) in [6, 6.07) is -4.83. The first-order valence-electron chi connectivity index (χ1n) is 16.3. The van der Waals surface area contributed by atoms with Crippen molar-refractivity contribution < 1.29 is 33.9 Å². The molecule has 0 rings (SSSR count). The summed E-state index contributed by atoms with van der Waals surface area (Å²) in [6.07, 6.45) is -1.02. The number of rotatable bonds is 20. The molecule has 0 fully saturated rings. The Morgan fingerprint density at radius 3 is 1.60 bits per heavy atom. The van der Waals surface area contributed by atoms with Crippen molar-refractivity contribution in [3.63, 3.8) is 0 Å². The van der Waals surface area contributed by atoms with Gasteiger partial charge >= 0.3 is 0 Å². The van der Waals surface area contributed by atoms with Crippen LogP contribution in [0, 0.1) is 29.6 Å². The molecule has 0 saturated heterocycles. The van der Waals surface area contributed by atoms with E-state index in [1.54, 1.807) is 27.7 Å². The Kier molecular flexibility index (Phi) is 18.2. The molecule has 12 heteroatoms. The first-order chi connectivity index (χ1) is 20.6. The number of aliphatic hydroxyl groups is 1. The number of aliphatic hydroxyl groups excluding tert-OH is 1. The molecule has 0 aromatic rings. The maximum absolute atomic E-state index is 14.3. The van der Waals surface area contributed by atoms with E-state index in [0.717, 1.165) is 0 Å². The first kappa shape index (κ1) is 42.0. The fraction of sp³-hybridized carbons (Fsp3) is 0.818. The third kappa shape index (κ3) is 14.7. The maximum atomic E-state index is 14.3. The van der Waals surface area contributed by atoms with Gasteiger partial charge in [-0.1, -0.05) is 69.2 Å². The number of ketones is 1. The predicted molar refractivity (Wildman–Crippen MR) is 174 cm³/mol. The van der Waals surface area contributed by atoms with Crippen LogP contribution in [0.3, 0.4) is 0 Å². The Morgan fingerprint density at radius 1 is 0.689 bits per heavy atom. The summed E-state index contributed by atoms with van der Waals surface area (Å²) < 4.78 is 0. The van der Waals surface area contributed by atoms with Gasteiger partial charge in [-0.2, -0.15) is 0 Å². The summed E-state index contributed by atoms with van der Waals surface area (Å²) in [6.45, 7) is 21.3. The Balaban J connectivity index is 6.35. The molecule has 0 aliphatic carbocycles. The van der Waals surface area contributed by atoms with Crippen molar-refractivity contribution in [1.29, 1.82) is 0 Å². The van der Waals surface area contributed by atoms with E-state index >= 15 is 0 Å². The van der Waals surface area contributed by atoms with E-state index in [1.165, 1.54) is 18.7 Å². The van der Waals surface area contributed by atoms with Gasteiger partial charge in [0.2, 0.25) is 29.5 Å². The second kappa shape index (κ2) is 19.5. The number of amides is 5. The molecule has 6 N–H and O–H groups in total. The van der Waals surface area contributed by atoms with Gasteiger partial charge in [0.1, 0.15) is 18.1 Å². The van der Waals surface area contributed by atoms with Crippen molar-refractivity contribution in [1.82, 2.24) is 20.9 Å². The number of carbonyl (C=O) groups excluding carboxylic acids is 6. The smallest absolute Gasteiger partial charge is 0.246 e. The zero-order chi connectivity index (χ0) is 35.3. The number of primary amides is 1. The monoisotopic (exact) mass is 639 g/mol. The standard InChI is InChI=1S/C33H61N5O7/c1-17(2)13-24(23(12)39)36-32(44)22(11)35-28(42)16-26(40)25(14-18(3)4)38(30(21(9)10)31(34)43)33(45)29(20(7)8)37-27(41)15-19(5)6/h17-22,24-26,29-30,40H,13-16H2,1-12H3,(H2,34,43)(H,35,42)(H,36,44)(H,37,41)/t22?,24?,25?,26?,29-,30-/m0/s1. The molecule has 0 aromatic heterocycles. The number of nitrogens with two attached hydrogens (primary N) is 1. The summed E-state index contributed by atoms with van der Waals surface area (Å²) in [4.78, 5) is 79.0. The summed E-state index contributed by atoms with van der Waals surface area (Å²) in [5, 5.41) is 19.6. The molecule has 5 amide bonds. The number of hydrogen-bond acceptors (Lipinski definition) is 7. The van der Waals surface area contributed by atoms with Crippen LogP contribution in [-0.2, 0) is 28.8 Å². The topological polar surface area (TPSA) is 188 Å². The van der Waals surface area contributed by atoms with Crippen molar-refractivity contribution in [3.8, 4) is 0 Å². The highest BCUT2D eigenvalue weighted by molar-refractivity contribution is 5.93. The zero-order valence-electron chi connectivity index (χ0n) is 29.6. The lowest BCUT2D eigenvalue weighted by Gasteiger charge is -2.43.